The zero-order valence-electron chi connectivity index (χ0n) is 14.1. The van der Waals surface area contributed by atoms with Gasteiger partial charge < -0.3 is 0 Å². The van der Waals surface area contributed by atoms with Crippen LogP contribution in [0.2, 0.25) is 0 Å². The molecule has 0 N–H and O–H groups in total. The molecule has 0 nitrogen and oxygen atoms in total. The topological polar surface area (TPSA) is 0 Å². The predicted molar refractivity (Wildman–Crippen MR) is 91.2 cm³/mol. The molecule has 114 valence electrons. The Kier molecular flexibility index (Phi) is 7.95. The minimum atomic E-state index is 0.332. The van der Waals surface area contributed by atoms with Gasteiger partial charge >= 0.3 is 0 Å². The van der Waals surface area contributed by atoms with E-state index in [2.05, 4.69) is 58.0 Å². The maximum Gasteiger partial charge on any atom is -0.0104 e. The molecule has 0 unspecified atom stereocenters. The fraction of sp³-hybridized carbons (Fsp3) is 0.700. The standard InChI is InChI=1S/C20H34/c1-18(2)14-10-7-5-6-8-13-17-20(3,4)19-15-11-9-12-16-19/h9,11-12,15-16,18H,5-8,10,13-14,17H2,1-4H3. The lowest BCUT2D eigenvalue weighted by Crippen LogP contribution is -2.16. The third-order valence-corrected chi connectivity index (χ3v) is 4.39. The van der Waals surface area contributed by atoms with Gasteiger partial charge in [-0.25, -0.2) is 0 Å². The van der Waals surface area contributed by atoms with E-state index in [9.17, 15) is 0 Å². The number of hydrogen-bond donors (Lipinski definition) is 0. The second-order valence-corrected chi connectivity index (χ2v) is 7.30. The highest BCUT2D eigenvalue weighted by Gasteiger charge is 2.19. The molecule has 0 atom stereocenters. The molecule has 0 saturated heterocycles. The van der Waals surface area contributed by atoms with Gasteiger partial charge in [0, 0.05) is 0 Å². The Labute approximate surface area is 127 Å². The van der Waals surface area contributed by atoms with Gasteiger partial charge in [-0.05, 0) is 23.3 Å². The molecule has 0 saturated carbocycles. The van der Waals surface area contributed by atoms with E-state index < -0.39 is 0 Å². The quantitative estimate of drug-likeness (QED) is 0.414. The zero-order chi connectivity index (χ0) is 14.8. The van der Waals surface area contributed by atoms with Crippen molar-refractivity contribution in [3.8, 4) is 0 Å². The lowest BCUT2D eigenvalue weighted by Gasteiger charge is -2.25. The van der Waals surface area contributed by atoms with Gasteiger partial charge in [0.25, 0.3) is 0 Å². The summed E-state index contributed by atoms with van der Waals surface area (Å²) >= 11 is 0. The molecule has 0 bridgehead atoms. The molecule has 0 aliphatic carbocycles. The zero-order valence-corrected chi connectivity index (χ0v) is 14.1. The van der Waals surface area contributed by atoms with Gasteiger partial charge in [0.2, 0.25) is 0 Å². The van der Waals surface area contributed by atoms with Crippen LogP contribution in [-0.4, -0.2) is 0 Å². The van der Waals surface area contributed by atoms with Crippen molar-refractivity contribution in [2.45, 2.75) is 84.5 Å². The van der Waals surface area contributed by atoms with Crippen LogP contribution < -0.4 is 0 Å². The Morgan fingerprint density at radius 2 is 1.35 bits per heavy atom. The number of hydrogen-bond acceptors (Lipinski definition) is 0. The highest BCUT2D eigenvalue weighted by molar-refractivity contribution is 5.23. The molecule has 20 heavy (non-hydrogen) atoms. The molecule has 0 aliphatic heterocycles. The first kappa shape index (κ1) is 17.3. The van der Waals surface area contributed by atoms with Gasteiger partial charge in [0.1, 0.15) is 0 Å². The molecule has 0 radical (unpaired) electrons. The fourth-order valence-corrected chi connectivity index (χ4v) is 2.86. The van der Waals surface area contributed by atoms with Gasteiger partial charge in [-0.15, -0.1) is 0 Å². The summed E-state index contributed by atoms with van der Waals surface area (Å²) < 4.78 is 0. The molecule has 1 rings (SSSR count). The number of unbranched alkanes of at least 4 members (excludes halogenated alkanes) is 5. The van der Waals surface area contributed by atoms with E-state index in [1.165, 1.54) is 56.9 Å². The molecule has 0 heteroatoms. The smallest absolute Gasteiger partial charge is 0.0104 e. The summed E-state index contributed by atoms with van der Waals surface area (Å²) in [4.78, 5) is 0. The van der Waals surface area contributed by atoms with Crippen molar-refractivity contribution in [1.29, 1.82) is 0 Å². The van der Waals surface area contributed by atoms with Gasteiger partial charge in [0.05, 0.1) is 0 Å². The third-order valence-electron chi connectivity index (χ3n) is 4.39. The molecular formula is C20H34. The van der Waals surface area contributed by atoms with Crippen LogP contribution in [0.1, 0.15) is 84.6 Å². The van der Waals surface area contributed by atoms with Gasteiger partial charge in [-0.1, -0.05) is 103 Å². The molecule has 1 aromatic carbocycles. The van der Waals surface area contributed by atoms with E-state index in [1.54, 1.807) is 0 Å². The summed E-state index contributed by atoms with van der Waals surface area (Å²) in [5.41, 5.74) is 1.82. The maximum absolute atomic E-state index is 2.38. The van der Waals surface area contributed by atoms with Crippen LogP contribution in [0.5, 0.6) is 0 Å². The highest BCUT2D eigenvalue weighted by atomic mass is 14.2. The Morgan fingerprint density at radius 3 is 1.95 bits per heavy atom. The monoisotopic (exact) mass is 274 g/mol. The molecule has 0 spiro atoms. The van der Waals surface area contributed by atoms with Crippen molar-refractivity contribution < 1.29 is 0 Å². The first-order chi connectivity index (χ1) is 9.52. The normalized spacial score (nSPS) is 12.1. The van der Waals surface area contributed by atoms with Crippen molar-refractivity contribution in [2.24, 2.45) is 5.92 Å². The second kappa shape index (κ2) is 9.21. The summed E-state index contributed by atoms with van der Waals surface area (Å²) in [6.45, 7) is 9.41. The van der Waals surface area contributed by atoms with Crippen LogP contribution in [0.3, 0.4) is 0 Å². The van der Waals surface area contributed by atoms with E-state index in [-0.39, 0.29) is 0 Å². The van der Waals surface area contributed by atoms with E-state index >= 15 is 0 Å². The van der Waals surface area contributed by atoms with Crippen LogP contribution in [0.15, 0.2) is 30.3 Å². The Morgan fingerprint density at radius 1 is 0.800 bits per heavy atom. The predicted octanol–water partition coefficient (Wildman–Crippen LogP) is 6.74. The van der Waals surface area contributed by atoms with E-state index in [1.807, 2.05) is 0 Å². The van der Waals surface area contributed by atoms with Crippen LogP contribution in [0, 0.1) is 5.92 Å². The van der Waals surface area contributed by atoms with Crippen molar-refractivity contribution in [3.05, 3.63) is 35.9 Å². The number of benzene rings is 1. The van der Waals surface area contributed by atoms with Crippen LogP contribution in [-0.2, 0) is 5.41 Å². The van der Waals surface area contributed by atoms with Crippen molar-refractivity contribution in [3.63, 3.8) is 0 Å². The van der Waals surface area contributed by atoms with Crippen molar-refractivity contribution >= 4 is 0 Å². The first-order valence-corrected chi connectivity index (χ1v) is 8.58. The minimum Gasteiger partial charge on any atom is -0.0628 e. The van der Waals surface area contributed by atoms with Gasteiger partial charge in [-0.2, -0.15) is 0 Å². The summed E-state index contributed by atoms with van der Waals surface area (Å²) in [5, 5.41) is 0. The van der Waals surface area contributed by atoms with Crippen LogP contribution >= 0.6 is 0 Å². The van der Waals surface area contributed by atoms with E-state index in [0.717, 1.165) is 5.92 Å². The molecule has 0 aliphatic rings. The summed E-state index contributed by atoms with van der Waals surface area (Å²) in [5.74, 6) is 0.877. The SMILES string of the molecule is CC(C)CCCCCCCCC(C)(C)c1ccccc1. The van der Waals surface area contributed by atoms with E-state index in [4.69, 9.17) is 0 Å². The number of rotatable bonds is 10. The average Bonchev–Trinajstić information content (AvgIpc) is 2.42. The second-order valence-electron chi connectivity index (χ2n) is 7.30. The summed E-state index contributed by atoms with van der Waals surface area (Å²) in [7, 11) is 0. The van der Waals surface area contributed by atoms with Crippen LogP contribution in [0.25, 0.3) is 0 Å². The fourth-order valence-electron chi connectivity index (χ4n) is 2.86. The van der Waals surface area contributed by atoms with Gasteiger partial charge in [-0.3, -0.25) is 0 Å². The molecule has 1 aromatic rings. The minimum absolute atomic E-state index is 0.332. The molecular weight excluding hydrogens is 240 g/mol. The average molecular weight is 274 g/mol. The molecule has 0 amide bonds. The first-order valence-electron chi connectivity index (χ1n) is 8.58. The summed E-state index contributed by atoms with van der Waals surface area (Å²) in [6.07, 6.45) is 11.2. The lowest BCUT2D eigenvalue weighted by molar-refractivity contribution is 0.439. The Balaban J connectivity index is 2.09. The molecule has 0 heterocycles. The molecule has 0 fully saturated rings. The van der Waals surface area contributed by atoms with Gasteiger partial charge in [0.15, 0.2) is 0 Å². The Hall–Kier alpha value is -0.780. The maximum atomic E-state index is 2.38. The van der Waals surface area contributed by atoms with Crippen molar-refractivity contribution in [2.75, 3.05) is 0 Å². The Bertz CT molecular complexity index is 334. The van der Waals surface area contributed by atoms with Crippen molar-refractivity contribution in [1.82, 2.24) is 0 Å². The van der Waals surface area contributed by atoms with Crippen LogP contribution in [0.4, 0.5) is 0 Å². The summed E-state index contributed by atoms with van der Waals surface area (Å²) in [6, 6.07) is 11.0. The molecule has 0 aromatic heterocycles. The largest absolute Gasteiger partial charge is 0.0628 e. The third kappa shape index (κ3) is 7.12. The lowest BCUT2D eigenvalue weighted by atomic mass is 9.80. The van der Waals surface area contributed by atoms with E-state index in [0.29, 0.717) is 5.41 Å². The highest BCUT2D eigenvalue weighted by Crippen LogP contribution is 2.29.